The van der Waals surface area contributed by atoms with Gasteiger partial charge in [-0.25, -0.2) is 14.8 Å². The first kappa shape index (κ1) is 12.0. The van der Waals surface area contributed by atoms with Crippen molar-refractivity contribution in [2.24, 2.45) is 0 Å². The molecule has 8 heteroatoms. The van der Waals surface area contributed by atoms with E-state index in [1.807, 2.05) is 0 Å². The molecule has 94 valence electrons. The third kappa shape index (κ3) is 2.42. The van der Waals surface area contributed by atoms with Crippen molar-refractivity contribution in [2.45, 2.75) is 18.9 Å². The molecule has 0 bridgehead atoms. The van der Waals surface area contributed by atoms with Crippen LogP contribution in [0.1, 0.15) is 23.2 Å². The topological polar surface area (TPSA) is 121 Å². The van der Waals surface area contributed by atoms with Crippen molar-refractivity contribution in [3.05, 3.63) is 18.1 Å². The predicted molar refractivity (Wildman–Crippen MR) is 58.8 cm³/mol. The Labute approximate surface area is 101 Å². The molecule has 18 heavy (non-hydrogen) atoms. The van der Waals surface area contributed by atoms with Crippen LogP contribution in [0.25, 0.3) is 0 Å². The number of anilines is 1. The lowest BCUT2D eigenvalue weighted by atomic mass is 10.1. The number of nitrogens with one attached hydrogen (secondary N) is 2. The number of hydrogen-bond acceptors (Lipinski definition) is 6. The Morgan fingerprint density at radius 2 is 2.28 bits per heavy atom. The molecule has 8 nitrogen and oxygen atoms in total. The molecule has 0 aromatic carbocycles. The lowest BCUT2D eigenvalue weighted by Gasteiger charge is -2.22. The minimum atomic E-state index is -1.19. The summed E-state index contributed by atoms with van der Waals surface area (Å²) in [5, 5.41) is 13.8. The molecule has 1 aliphatic heterocycles. The van der Waals surface area contributed by atoms with E-state index in [-0.39, 0.29) is 23.7 Å². The number of carbonyl (C=O) groups is 3. The molecule has 1 atom stereocenters. The number of imide groups is 1. The number of rotatable bonds is 3. The highest BCUT2D eigenvalue weighted by molar-refractivity contribution is 6.02. The van der Waals surface area contributed by atoms with E-state index >= 15 is 0 Å². The van der Waals surface area contributed by atoms with Gasteiger partial charge in [-0.15, -0.1) is 0 Å². The van der Waals surface area contributed by atoms with Crippen molar-refractivity contribution in [2.75, 3.05) is 5.32 Å². The average molecular weight is 250 g/mol. The van der Waals surface area contributed by atoms with Crippen LogP contribution < -0.4 is 10.6 Å². The summed E-state index contributed by atoms with van der Waals surface area (Å²) in [5.41, 5.74) is -0.123. The van der Waals surface area contributed by atoms with E-state index in [1.54, 1.807) is 0 Å². The fourth-order valence-corrected chi connectivity index (χ4v) is 1.60. The summed E-state index contributed by atoms with van der Waals surface area (Å²) in [7, 11) is 0. The number of amides is 2. The molecule has 2 heterocycles. The number of hydrogen-bond donors (Lipinski definition) is 3. The van der Waals surface area contributed by atoms with Crippen LogP contribution in [-0.2, 0) is 9.59 Å². The second-order valence-electron chi connectivity index (χ2n) is 3.74. The van der Waals surface area contributed by atoms with Gasteiger partial charge in [0.05, 0.1) is 0 Å². The molecule has 1 aromatic rings. The van der Waals surface area contributed by atoms with Gasteiger partial charge in [-0.05, 0) is 6.42 Å². The Balaban J connectivity index is 2.17. The second kappa shape index (κ2) is 4.78. The first-order valence-corrected chi connectivity index (χ1v) is 5.21. The Hall–Kier alpha value is -2.51. The van der Waals surface area contributed by atoms with E-state index in [9.17, 15) is 14.4 Å². The maximum Gasteiger partial charge on any atom is 0.341 e. The zero-order valence-electron chi connectivity index (χ0n) is 9.21. The number of aromatic nitrogens is 2. The molecular formula is C10H10N4O4. The van der Waals surface area contributed by atoms with Gasteiger partial charge in [-0.1, -0.05) is 0 Å². The minimum Gasteiger partial charge on any atom is -0.477 e. The average Bonchev–Trinajstić information content (AvgIpc) is 2.33. The highest BCUT2D eigenvalue weighted by atomic mass is 16.4. The van der Waals surface area contributed by atoms with Crippen LogP contribution in [0.5, 0.6) is 0 Å². The first-order chi connectivity index (χ1) is 8.58. The van der Waals surface area contributed by atoms with Crippen molar-refractivity contribution in [3.63, 3.8) is 0 Å². The van der Waals surface area contributed by atoms with E-state index in [0.29, 0.717) is 6.42 Å². The summed E-state index contributed by atoms with van der Waals surface area (Å²) < 4.78 is 0. The molecule has 1 unspecified atom stereocenters. The third-order valence-corrected chi connectivity index (χ3v) is 2.49. The quantitative estimate of drug-likeness (QED) is 0.612. The molecule has 1 fully saturated rings. The molecule has 1 aliphatic rings. The van der Waals surface area contributed by atoms with Gasteiger partial charge in [0, 0.05) is 12.6 Å². The van der Waals surface area contributed by atoms with Gasteiger partial charge in [-0.2, -0.15) is 0 Å². The summed E-state index contributed by atoms with van der Waals surface area (Å²) in [6.45, 7) is 0. The van der Waals surface area contributed by atoms with Gasteiger partial charge in [0.2, 0.25) is 11.8 Å². The van der Waals surface area contributed by atoms with E-state index in [4.69, 9.17) is 5.11 Å². The minimum absolute atomic E-state index is 0.0620. The van der Waals surface area contributed by atoms with E-state index in [2.05, 4.69) is 20.6 Å². The van der Waals surface area contributed by atoms with Gasteiger partial charge in [0.15, 0.2) is 0 Å². The number of aromatic carboxylic acids is 1. The van der Waals surface area contributed by atoms with Gasteiger partial charge in [0.1, 0.15) is 23.8 Å². The van der Waals surface area contributed by atoms with Gasteiger partial charge >= 0.3 is 5.97 Å². The molecule has 1 aromatic heterocycles. The number of carboxylic acid groups (broad SMARTS) is 1. The van der Waals surface area contributed by atoms with Crippen LogP contribution in [0.3, 0.4) is 0 Å². The molecule has 3 N–H and O–H groups in total. The maximum absolute atomic E-state index is 11.5. The van der Waals surface area contributed by atoms with Crippen LogP contribution in [0.4, 0.5) is 5.82 Å². The van der Waals surface area contributed by atoms with E-state index < -0.39 is 17.9 Å². The lowest BCUT2D eigenvalue weighted by molar-refractivity contribution is -0.133. The molecule has 2 amide bonds. The molecule has 2 rings (SSSR count). The number of carboxylic acids is 1. The highest BCUT2D eigenvalue weighted by Gasteiger charge is 2.27. The van der Waals surface area contributed by atoms with Crippen molar-refractivity contribution in [1.82, 2.24) is 15.3 Å². The standard InChI is InChI=1S/C10H10N4O4/c15-7-2-1-6(9(16)14-7)13-8-5(10(17)18)3-11-4-12-8/h3-4,6H,1-2H2,(H,17,18)(H,11,12,13)(H,14,15,16). The summed E-state index contributed by atoms with van der Waals surface area (Å²) in [6, 6.07) is -0.671. The van der Waals surface area contributed by atoms with Crippen LogP contribution in [-0.4, -0.2) is 38.9 Å². The molecule has 0 aliphatic carbocycles. The smallest absolute Gasteiger partial charge is 0.341 e. The zero-order valence-corrected chi connectivity index (χ0v) is 9.21. The number of piperidine rings is 1. The summed E-state index contributed by atoms with van der Waals surface area (Å²) >= 11 is 0. The van der Waals surface area contributed by atoms with Crippen molar-refractivity contribution >= 4 is 23.6 Å². The summed E-state index contributed by atoms with van der Waals surface area (Å²) in [4.78, 5) is 40.8. The van der Waals surface area contributed by atoms with Crippen molar-refractivity contribution < 1.29 is 19.5 Å². The predicted octanol–water partition coefficient (Wildman–Crippen LogP) is -0.608. The van der Waals surface area contributed by atoms with Gasteiger partial charge in [-0.3, -0.25) is 14.9 Å². The SMILES string of the molecule is O=C1CCC(Nc2ncncc2C(=O)O)C(=O)N1. The van der Waals surface area contributed by atoms with Crippen LogP contribution in [0.15, 0.2) is 12.5 Å². The maximum atomic E-state index is 11.5. The first-order valence-electron chi connectivity index (χ1n) is 5.21. The van der Waals surface area contributed by atoms with E-state index in [1.165, 1.54) is 6.33 Å². The third-order valence-electron chi connectivity index (χ3n) is 2.49. The molecule has 0 saturated carbocycles. The largest absolute Gasteiger partial charge is 0.477 e. The van der Waals surface area contributed by atoms with Crippen LogP contribution >= 0.6 is 0 Å². The molecule has 1 saturated heterocycles. The fourth-order valence-electron chi connectivity index (χ4n) is 1.60. The second-order valence-corrected chi connectivity index (χ2v) is 3.74. The van der Waals surface area contributed by atoms with Gasteiger partial charge in [0.25, 0.3) is 0 Å². The van der Waals surface area contributed by atoms with Crippen molar-refractivity contribution in [1.29, 1.82) is 0 Å². The highest BCUT2D eigenvalue weighted by Crippen LogP contribution is 2.15. The van der Waals surface area contributed by atoms with Crippen LogP contribution in [0, 0.1) is 0 Å². The summed E-state index contributed by atoms with van der Waals surface area (Å²) in [5.74, 6) is -1.95. The molecular weight excluding hydrogens is 240 g/mol. The lowest BCUT2D eigenvalue weighted by Crippen LogP contribution is -2.47. The zero-order chi connectivity index (χ0) is 13.1. The molecule has 0 radical (unpaired) electrons. The Kier molecular flexibility index (Phi) is 3.18. The normalized spacial score (nSPS) is 19.2. The van der Waals surface area contributed by atoms with E-state index in [0.717, 1.165) is 6.20 Å². The van der Waals surface area contributed by atoms with Gasteiger partial charge < -0.3 is 10.4 Å². The molecule has 0 spiro atoms. The fraction of sp³-hybridized carbons (Fsp3) is 0.300. The summed E-state index contributed by atoms with van der Waals surface area (Å²) in [6.07, 6.45) is 2.83. The Morgan fingerprint density at radius 3 is 2.94 bits per heavy atom. The van der Waals surface area contributed by atoms with Crippen molar-refractivity contribution in [3.8, 4) is 0 Å². The Bertz CT molecular complexity index is 516. The Morgan fingerprint density at radius 1 is 1.50 bits per heavy atom. The monoisotopic (exact) mass is 250 g/mol. The van der Waals surface area contributed by atoms with Crippen LogP contribution in [0.2, 0.25) is 0 Å². The number of nitrogens with zero attached hydrogens (tertiary/aromatic N) is 2. The number of carbonyl (C=O) groups excluding carboxylic acids is 2.